The highest BCUT2D eigenvalue weighted by Crippen LogP contribution is 2.28. The highest BCUT2D eigenvalue weighted by Gasteiger charge is 2.24. The van der Waals surface area contributed by atoms with Crippen LogP contribution >= 0.6 is 15.9 Å². The Balaban J connectivity index is 2.58. The molecule has 18 heavy (non-hydrogen) atoms. The molecule has 102 valence electrons. The predicted octanol–water partition coefficient (Wildman–Crippen LogP) is 4.31. The molecule has 0 heterocycles. The molecule has 1 aromatic rings. The van der Waals surface area contributed by atoms with Crippen LogP contribution in [-0.4, -0.2) is 23.8 Å². The summed E-state index contributed by atoms with van der Waals surface area (Å²) in [5.41, 5.74) is 1.31. The van der Waals surface area contributed by atoms with E-state index in [0.717, 1.165) is 24.0 Å². The van der Waals surface area contributed by atoms with Crippen molar-refractivity contribution in [3.8, 4) is 0 Å². The number of halogens is 2. The van der Waals surface area contributed by atoms with E-state index in [1.54, 1.807) is 12.1 Å². The Bertz CT molecular complexity index is 373. The summed E-state index contributed by atoms with van der Waals surface area (Å²) >= 11 is 3.59. The lowest BCUT2D eigenvalue weighted by Crippen LogP contribution is -2.34. The van der Waals surface area contributed by atoms with E-state index in [2.05, 4.69) is 48.6 Å². The molecule has 0 radical (unpaired) electrons. The summed E-state index contributed by atoms with van der Waals surface area (Å²) < 4.78 is 13.1. The molecule has 0 fully saturated rings. The quantitative estimate of drug-likeness (QED) is 0.732. The highest BCUT2D eigenvalue weighted by atomic mass is 79.9. The summed E-state index contributed by atoms with van der Waals surface area (Å²) in [6, 6.07) is 6.83. The second-order valence-corrected chi connectivity index (χ2v) is 6.69. The van der Waals surface area contributed by atoms with E-state index in [1.807, 2.05) is 6.07 Å². The van der Waals surface area contributed by atoms with Crippen LogP contribution in [0.1, 0.15) is 26.3 Å². The smallest absolute Gasteiger partial charge is 0.123 e. The molecule has 0 aliphatic rings. The molecule has 0 aromatic heterocycles. The van der Waals surface area contributed by atoms with Crippen LogP contribution in [0.4, 0.5) is 4.39 Å². The number of benzene rings is 1. The molecule has 3 heteroatoms. The van der Waals surface area contributed by atoms with Gasteiger partial charge in [0.2, 0.25) is 0 Å². The van der Waals surface area contributed by atoms with Crippen molar-refractivity contribution in [3.63, 3.8) is 0 Å². The number of nitrogens with zero attached hydrogens (tertiary/aromatic N) is 1. The first kappa shape index (κ1) is 15.6. The molecule has 1 unspecified atom stereocenters. The molecule has 1 rings (SSSR count). The Kier molecular flexibility index (Phi) is 5.80. The van der Waals surface area contributed by atoms with Gasteiger partial charge >= 0.3 is 0 Å². The number of hydrogen-bond acceptors (Lipinski definition) is 1. The van der Waals surface area contributed by atoms with E-state index in [0.29, 0.717) is 5.92 Å². The second kappa shape index (κ2) is 6.67. The third-order valence-electron chi connectivity index (χ3n) is 3.28. The highest BCUT2D eigenvalue weighted by molar-refractivity contribution is 9.09. The molecular weight excluding hydrogens is 293 g/mol. The minimum Gasteiger partial charge on any atom is -0.302 e. The topological polar surface area (TPSA) is 3.24 Å². The standard InChI is InChI=1S/C15H23BrFN/c1-15(2,3)13(9-16)11-18(4)10-12-6-5-7-14(17)8-12/h5-8,13H,9-11H2,1-4H3. The Morgan fingerprint density at radius 1 is 1.33 bits per heavy atom. The van der Waals surface area contributed by atoms with Crippen LogP contribution < -0.4 is 0 Å². The number of alkyl halides is 1. The van der Waals surface area contributed by atoms with E-state index < -0.39 is 0 Å². The zero-order valence-corrected chi connectivity index (χ0v) is 13.3. The summed E-state index contributed by atoms with van der Waals surface area (Å²) in [6.07, 6.45) is 0. The summed E-state index contributed by atoms with van der Waals surface area (Å²) in [5, 5.41) is 0.990. The van der Waals surface area contributed by atoms with Crippen LogP contribution in [0.3, 0.4) is 0 Å². The van der Waals surface area contributed by atoms with Gasteiger partial charge in [-0.3, -0.25) is 0 Å². The van der Waals surface area contributed by atoms with Gasteiger partial charge in [-0.05, 0) is 36.1 Å². The van der Waals surface area contributed by atoms with Gasteiger partial charge in [0, 0.05) is 18.4 Å². The molecule has 1 aromatic carbocycles. The van der Waals surface area contributed by atoms with Gasteiger partial charge in [0.05, 0.1) is 0 Å². The van der Waals surface area contributed by atoms with E-state index >= 15 is 0 Å². The fourth-order valence-electron chi connectivity index (χ4n) is 1.94. The fourth-order valence-corrected chi connectivity index (χ4v) is 3.12. The van der Waals surface area contributed by atoms with Crippen molar-refractivity contribution in [2.24, 2.45) is 11.3 Å². The lowest BCUT2D eigenvalue weighted by molar-refractivity contribution is 0.183. The average molecular weight is 316 g/mol. The normalized spacial score (nSPS) is 13.9. The molecule has 1 atom stereocenters. The van der Waals surface area contributed by atoms with Gasteiger partial charge in [0.1, 0.15) is 5.82 Å². The van der Waals surface area contributed by atoms with E-state index in [9.17, 15) is 4.39 Å². The molecule has 0 aliphatic heterocycles. The maximum absolute atomic E-state index is 13.1. The van der Waals surface area contributed by atoms with E-state index in [4.69, 9.17) is 0 Å². The van der Waals surface area contributed by atoms with Gasteiger partial charge < -0.3 is 4.90 Å². The van der Waals surface area contributed by atoms with Crippen LogP contribution in [0.25, 0.3) is 0 Å². The first-order chi connectivity index (χ1) is 8.32. The Morgan fingerprint density at radius 2 is 2.00 bits per heavy atom. The Labute approximate surface area is 119 Å². The lowest BCUT2D eigenvalue weighted by Gasteiger charge is -2.32. The molecule has 0 bridgehead atoms. The largest absolute Gasteiger partial charge is 0.302 e. The van der Waals surface area contributed by atoms with Gasteiger partial charge in [0.15, 0.2) is 0 Å². The van der Waals surface area contributed by atoms with Crippen molar-refractivity contribution < 1.29 is 4.39 Å². The average Bonchev–Trinajstić information content (AvgIpc) is 2.24. The number of hydrogen-bond donors (Lipinski definition) is 0. The summed E-state index contributed by atoms with van der Waals surface area (Å²) in [4.78, 5) is 2.26. The van der Waals surface area contributed by atoms with Gasteiger partial charge in [-0.15, -0.1) is 0 Å². The predicted molar refractivity (Wildman–Crippen MR) is 79.5 cm³/mol. The molecule has 0 amide bonds. The van der Waals surface area contributed by atoms with Crippen molar-refractivity contribution in [1.82, 2.24) is 4.90 Å². The van der Waals surface area contributed by atoms with Crippen molar-refractivity contribution in [2.45, 2.75) is 27.3 Å². The van der Waals surface area contributed by atoms with Crippen molar-refractivity contribution >= 4 is 15.9 Å². The Hall–Kier alpha value is -0.410. The van der Waals surface area contributed by atoms with Crippen LogP contribution in [-0.2, 0) is 6.54 Å². The summed E-state index contributed by atoms with van der Waals surface area (Å²) in [5.74, 6) is 0.421. The third kappa shape index (κ3) is 5.07. The van der Waals surface area contributed by atoms with Gasteiger partial charge in [-0.2, -0.15) is 0 Å². The Morgan fingerprint density at radius 3 is 2.50 bits per heavy atom. The monoisotopic (exact) mass is 315 g/mol. The lowest BCUT2D eigenvalue weighted by atomic mass is 9.82. The van der Waals surface area contributed by atoms with Crippen molar-refractivity contribution in [2.75, 3.05) is 18.9 Å². The molecule has 0 spiro atoms. The molecule has 0 saturated heterocycles. The molecule has 0 saturated carbocycles. The SMILES string of the molecule is CN(Cc1cccc(F)c1)CC(CBr)C(C)(C)C. The zero-order chi connectivity index (χ0) is 13.8. The molecule has 1 nitrogen and oxygen atoms in total. The van der Waals surface area contributed by atoms with Crippen molar-refractivity contribution in [1.29, 1.82) is 0 Å². The van der Waals surface area contributed by atoms with Gasteiger partial charge in [-0.1, -0.05) is 48.8 Å². The first-order valence-electron chi connectivity index (χ1n) is 6.32. The van der Waals surface area contributed by atoms with Crippen molar-refractivity contribution in [3.05, 3.63) is 35.6 Å². The second-order valence-electron chi connectivity index (χ2n) is 6.04. The minimum atomic E-state index is -0.159. The molecule has 0 aliphatic carbocycles. The third-order valence-corrected chi connectivity index (χ3v) is 4.07. The van der Waals surface area contributed by atoms with E-state index in [-0.39, 0.29) is 11.2 Å². The van der Waals surface area contributed by atoms with Crippen LogP contribution in [0.2, 0.25) is 0 Å². The molecular formula is C15H23BrFN. The fraction of sp³-hybridized carbons (Fsp3) is 0.600. The zero-order valence-electron chi connectivity index (χ0n) is 11.7. The van der Waals surface area contributed by atoms with Crippen LogP contribution in [0.5, 0.6) is 0 Å². The van der Waals surface area contributed by atoms with Gasteiger partial charge in [-0.25, -0.2) is 4.39 Å². The minimum absolute atomic E-state index is 0.159. The summed E-state index contributed by atoms with van der Waals surface area (Å²) in [7, 11) is 2.09. The van der Waals surface area contributed by atoms with Crippen LogP contribution in [0.15, 0.2) is 24.3 Å². The first-order valence-corrected chi connectivity index (χ1v) is 7.44. The van der Waals surface area contributed by atoms with Crippen LogP contribution in [0, 0.1) is 17.2 Å². The number of rotatable bonds is 5. The maximum atomic E-state index is 13.1. The van der Waals surface area contributed by atoms with Gasteiger partial charge in [0.25, 0.3) is 0 Å². The molecule has 0 N–H and O–H groups in total. The summed E-state index contributed by atoms with van der Waals surface area (Å²) in [6.45, 7) is 8.57. The maximum Gasteiger partial charge on any atom is 0.123 e. The van der Waals surface area contributed by atoms with E-state index in [1.165, 1.54) is 6.07 Å².